The molecule has 2 saturated heterocycles. The number of likely N-dealkylation sites (tertiary alicyclic amines) is 1. The van der Waals surface area contributed by atoms with Crippen molar-refractivity contribution in [3.05, 3.63) is 59.9 Å². The van der Waals surface area contributed by atoms with Gasteiger partial charge in [0.1, 0.15) is 11.9 Å². The zero-order valence-electron chi connectivity index (χ0n) is 19.7. The Labute approximate surface area is 205 Å². The lowest BCUT2D eigenvalue weighted by Crippen LogP contribution is -2.44. The van der Waals surface area contributed by atoms with Crippen LogP contribution in [0.2, 0.25) is 0 Å². The minimum Gasteiger partial charge on any atom is -0.335 e. The third-order valence-corrected chi connectivity index (χ3v) is 7.07. The summed E-state index contributed by atoms with van der Waals surface area (Å²) in [6, 6.07) is 12.5. The molecule has 0 bridgehead atoms. The zero-order valence-corrected chi connectivity index (χ0v) is 20.5. The SMILES string of the molecule is Cc1ccc(N2C(=O)[C@H](CC(=O)Nc3ccc(F)cc3)N(CCN3CCC(C)CC3)C2=S)cc1. The maximum absolute atomic E-state index is 13.5. The predicted molar refractivity (Wildman–Crippen MR) is 136 cm³/mol. The molecule has 180 valence electrons. The number of hydrogen-bond donors (Lipinski definition) is 1. The first kappa shape index (κ1) is 24.3. The number of halogens is 1. The van der Waals surface area contributed by atoms with E-state index in [-0.39, 0.29) is 24.1 Å². The van der Waals surface area contributed by atoms with Crippen LogP contribution in [0.25, 0.3) is 0 Å². The molecule has 6 nitrogen and oxygen atoms in total. The van der Waals surface area contributed by atoms with Crippen LogP contribution in [0.1, 0.15) is 31.7 Å². The number of carbonyl (C=O) groups is 2. The molecule has 2 aliphatic heterocycles. The van der Waals surface area contributed by atoms with Crippen LogP contribution in [0.15, 0.2) is 48.5 Å². The van der Waals surface area contributed by atoms with Crippen molar-refractivity contribution in [3.8, 4) is 0 Å². The molecule has 2 heterocycles. The summed E-state index contributed by atoms with van der Waals surface area (Å²) in [7, 11) is 0. The van der Waals surface area contributed by atoms with Gasteiger partial charge in [-0.05, 0) is 87.4 Å². The monoisotopic (exact) mass is 482 g/mol. The molecule has 34 heavy (non-hydrogen) atoms. The highest BCUT2D eigenvalue weighted by molar-refractivity contribution is 7.80. The number of benzene rings is 2. The van der Waals surface area contributed by atoms with Gasteiger partial charge in [0.25, 0.3) is 5.91 Å². The molecule has 0 aromatic heterocycles. The summed E-state index contributed by atoms with van der Waals surface area (Å²) in [6.45, 7) is 7.71. The first-order valence-electron chi connectivity index (χ1n) is 11.8. The summed E-state index contributed by atoms with van der Waals surface area (Å²) in [6.07, 6.45) is 2.31. The second-order valence-electron chi connectivity index (χ2n) is 9.28. The van der Waals surface area contributed by atoms with E-state index >= 15 is 0 Å². The average molecular weight is 483 g/mol. The number of rotatable bonds is 7. The number of thiocarbonyl (C=S) groups is 1. The van der Waals surface area contributed by atoms with Gasteiger partial charge in [-0.3, -0.25) is 14.5 Å². The maximum Gasteiger partial charge on any atom is 0.256 e. The topological polar surface area (TPSA) is 55.9 Å². The highest BCUT2D eigenvalue weighted by Crippen LogP contribution is 2.28. The Hall–Kier alpha value is -2.84. The fourth-order valence-electron chi connectivity index (χ4n) is 4.47. The van der Waals surface area contributed by atoms with E-state index in [4.69, 9.17) is 12.2 Å². The van der Waals surface area contributed by atoms with Crippen molar-refractivity contribution in [1.29, 1.82) is 0 Å². The smallest absolute Gasteiger partial charge is 0.256 e. The number of piperidine rings is 1. The Kier molecular flexibility index (Phi) is 7.58. The molecule has 2 aromatic carbocycles. The van der Waals surface area contributed by atoms with Crippen molar-refractivity contribution in [2.24, 2.45) is 5.92 Å². The Morgan fingerprint density at radius 1 is 1.06 bits per heavy atom. The second kappa shape index (κ2) is 10.6. The van der Waals surface area contributed by atoms with Gasteiger partial charge in [0.05, 0.1) is 12.1 Å². The lowest BCUT2D eigenvalue weighted by Gasteiger charge is -2.32. The molecule has 2 fully saturated rings. The van der Waals surface area contributed by atoms with Crippen LogP contribution in [0.5, 0.6) is 0 Å². The molecule has 0 saturated carbocycles. The molecule has 2 aromatic rings. The van der Waals surface area contributed by atoms with E-state index in [0.29, 0.717) is 23.0 Å². The van der Waals surface area contributed by atoms with Crippen molar-refractivity contribution >= 4 is 40.5 Å². The molecular weight excluding hydrogens is 451 g/mol. The van der Waals surface area contributed by atoms with E-state index in [1.807, 2.05) is 36.1 Å². The molecular formula is C26H31FN4O2S. The van der Waals surface area contributed by atoms with Crippen molar-refractivity contribution in [3.63, 3.8) is 0 Å². The largest absolute Gasteiger partial charge is 0.335 e. The van der Waals surface area contributed by atoms with Gasteiger partial charge in [-0.1, -0.05) is 24.6 Å². The van der Waals surface area contributed by atoms with Crippen LogP contribution < -0.4 is 10.2 Å². The molecule has 0 unspecified atom stereocenters. The number of nitrogens with one attached hydrogen (secondary N) is 1. The summed E-state index contributed by atoms with van der Waals surface area (Å²) in [5.74, 6) is -0.141. The number of nitrogens with zero attached hydrogens (tertiary/aromatic N) is 3. The van der Waals surface area contributed by atoms with Gasteiger partial charge in [-0.15, -0.1) is 0 Å². The molecule has 0 radical (unpaired) electrons. The summed E-state index contributed by atoms with van der Waals surface area (Å²) < 4.78 is 13.2. The Morgan fingerprint density at radius 2 is 1.71 bits per heavy atom. The predicted octanol–water partition coefficient (Wildman–Crippen LogP) is 4.20. The number of anilines is 2. The summed E-state index contributed by atoms with van der Waals surface area (Å²) in [5.41, 5.74) is 2.29. The van der Waals surface area contributed by atoms with E-state index in [1.165, 1.54) is 37.1 Å². The van der Waals surface area contributed by atoms with Crippen LogP contribution >= 0.6 is 12.2 Å². The minimum absolute atomic E-state index is 0.0320. The van der Waals surface area contributed by atoms with Crippen LogP contribution in [0.4, 0.5) is 15.8 Å². The van der Waals surface area contributed by atoms with E-state index in [2.05, 4.69) is 17.1 Å². The number of carbonyl (C=O) groups excluding carboxylic acids is 2. The average Bonchev–Trinajstić information content (AvgIpc) is 3.04. The number of aryl methyl sites for hydroxylation is 1. The molecule has 2 aliphatic rings. The van der Waals surface area contributed by atoms with Gasteiger partial charge in [-0.2, -0.15) is 0 Å². The molecule has 0 aliphatic carbocycles. The Bertz CT molecular complexity index is 1040. The normalized spacial score (nSPS) is 19.7. The van der Waals surface area contributed by atoms with Gasteiger partial charge in [0.2, 0.25) is 5.91 Å². The second-order valence-corrected chi connectivity index (χ2v) is 9.65. The van der Waals surface area contributed by atoms with Crippen LogP contribution in [0.3, 0.4) is 0 Å². The van der Waals surface area contributed by atoms with E-state index < -0.39 is 6.04 Å². The molecule has 1 atom stereocenters. The Morgan fingerprint density at radius 3 is 2.35 bits per heavy atom. The summed E-state index contributed by atoms with van der Waals surface area (Å²) >= 11 is 5.75. The Balaban J connectivity index is 1.50. The number of amides is 2. The molecule has 1 N–H and O–H groups in total. The molecule has 4 rings (SSSR count). The van der Waals surface area contributed by atoms with Gasteiger partial charge in [0.15, 0.2) is 5.11 Å². The van der Waals surface area contributed by atoms with E-state index in [9.17, 15) is 14.0 Å². The maximum atomic E-state index is 13.5. The minimum atomic E-state index is -0.682. The molecule has 0 spiro atoms. The lowest BCUT2D eigenvalue weighted by molar-refractivity contribution is -0.124. The van der Waals surface area contributed by atoms with Gasteiger partial charge in [0, 0.05) is 18.8 Å². The quantitative estimate of drug-likeness (QED) is 0.600. The van der Waals surface area contributed by atoms with E-state index in [0.717, 1.165) is 31.1 Å². The van der Waals surface area contributed by atoms with E-state index in [1.54, 1.807) is 4.90 Å². The lowest BCUT2D eigenvalue weighted by atomic mass is 9.99. The summed E-state index contributed by atoms with van der Waals surface area (Å²) in [4.78, 5) is 32.2. The van der Waals surface area contributed by atoms with Crippen LogP contribution in [-0.2, 0) is 9.59 Å². The summed E-state index contributed by atoms with van der Waals surface area (Å²) in [5, 5.41) is 3.20. The van der Waals surface area contributed by atoms with Crippen molar-refractivity contribution in [1.82, 2.24) is 9.80 Å². The standard InChI is InChI=1S/C26H31FN4O2S/c1-18-3-9-22(10-4-18)31-25(33)23(17-24(32)28-21-7-5-20(27)6-8-21)30(26(31)34)16-15-29-13-11-19(2)12-14-29/h3-10,19,23H,11-17H2,1-2H3,(H,28,32)/t23-/m0/s1. The highest BCUT2D eigenvalue weighted by atomic mass is 32.1. The number of hydrogen-bond acceptors (Lipinski definition) is 4. The highest BCUT2D eigenvalue weighted by Gasteiger charge is 2.44. The molecule has 2 amide bonds. The fraction of sp³-hybridized carbons (Fsp3) is 0.423. The fourth-order valence-corrected chi connectivity index (χ4v) is 4.89. The van der Waals surface area contributed by atoms with Crippen LogP contribution in [-0.4, -0.2) is 58.9 Å². The first-order valence-corrected chi connectivity index (χ1v) is 12.2. The van der Waals surface area contributed by atoms with Gasteiger partial charge >= 0.3 is 0 Å². The zero-order chi connectivity index (χ0) is 24.2. The third kappa shape index (κ3) is 5.62. The van der Waals surface area contributed by atoms with Crippen molar-refractivity contribution in [2.45, 2.75) is 39.2 Å². The van der Waals surface area contributed by atoms with Crippen molar-refractivity contribution in [2.75, 3.05) is 36.4 Å². The van der Waals surface area contributed by atoms with Gasteiger partial charge in [-0.25, -0.2) is 4.39 Å². The van der Waals surface area contributed by atoms with Crippen LogP contribution in [0, 0.1) is 18.7 Å². The molecule has 8 heteroatoms. The van der Waals surface area contributed by atoms with Crippen molar-refractivity contribution < 1.29 is 14.0 Å². The van der Waals surface area contributed by atoms with Gasteiger partial charge < -0.3 is 15.1 Å². The third-order valence-electron chi connectivity index (χ3n) is 6.65. The first-order chi connectivity index (χ1) is 16.3.